The number of carbonyl (C=O) groups is 2. The first-order chi connectivity index (χ1) is 8.81. The van der Waals surface area contributed by atoms with Crippen LogP contribution in [0, 0.1) is 0 Å². The van der Waals surface area contributed by atoms with Gasteiger partial charge in [-0.1, -0.05) is 27.7 Å². The molecule has 1 unspecified atom stereocenters. The first-order valence-electron chi connectivity index (χ1n) is 7.31. The average Bonchev–Trinajstić information content (AvgIpc) is 2.81. The van der Waals surface area contributed by atoms with E-state index in [1.54, 1.807) is 0 Å². The van der Waals surface area contributed by atoms with E-state index < -0.39 is 5.60 Å². The molecule has 4 heteroatoms. The molecule has 0 saturated carbocycles. The monoisotopic (exact) mass is 273 g/mol. The van der Waals surface area contributed by atoms with Gasteiger partial charge in [-0.2, -0.15) is 0 Å². The van der Waals surface area contributed by atoms with E-state index in [-0.39, 0.29) is 17.9 Å². The van der Waals surface area contributed by atoms with Gasteiger partial charge in [0, 0.05) is 6.54 Å². The van der Waals surface area contributed by atoms with Crippen LogP contribution in [0.3, 0.4) is 0 Å². The standard InChI is InChI=1S/C11H19NO3.2C2H6/c1-8(13)9-6-5-7-12(9)10(14)15-11(2,3)4;2*1-2/h9H,5-7H2,1-4H3;2*1-2H3. The number of ketones is 1. The van der Waals surface area contributed by atoms with Crippen LogP contribution in [0.15, 0.2) is 0 Å². The fourth-order valence-electron chi connectivity index (χ4n) is 1.73. The van der Waals surface area contributed by atoms with Crippen molar-refractivity contribution in [3.63, 3.8) is 0 Å². The molecule has 0 aromatic rings. The van der Waals surface area contributed by atoms with Crippen molar-refractivity contribution >= 4 is 11.9 Å². The maximum Gasteiger partial charge on any atom is 0.410 e. The summed E-state index contributed by atoms with van der Waals surface area (Å²) in [5, 5.41) is 0. The minimum Gasteiger partial charge on any atom is -0.444 e. The summed E-state index contributed by atoms with van der Waals surface area (Å²) in [4.78, 5) is 24.5. The van der Waals surface area contributed by atoms with Gasteiger partial charge in [0.2, 0.25) is 0 Å². The summed E-state index contributed by atoms with van der Waals surface area (Å²) in [5.41, 5.74) is -0.499. The molecule has 1 amide bonds. The average molecular weight is 273 g/mol. The maximum absolute atomic E-state index is 11.7. The number of hydrogen-bond donors (Lipinski definition) is 0. The number of nitrogens with zero attached hydrogens (tertiary/aromatic N) is 1. The molecule has 1 aliphatic rings. The molecule has 0 aromatic carbocycles. The minimum atomic E-state index is -0.499. The summed E-state index contributed by atoms with van der Waals surface area (Å²) in [6.07, 6.45) is 1.26. The van der Waals surface area contributed by atoms with Gasteiger partial charge in [-0.15, -0.1) is 0 Å². The highest BCUT2D eigenvalue weighted by atomic mass is 16.6. The summed E-state index contributed by atoms with van der Waals surface area (Å²) < 4.78 is 5.24. The van der Waals surface area contributed by atoms with Crippen molar-refractivity contribution in [2.75, 3.05) is 6.54 Å². The Morgan fingerprint density at radius 2 is 1.58 bits per heavy atom. The number of likely N-dealkylation sites (tertiary alicyclic amines) is 1. The summed E-state index contributed by atoms with van der Waals surface area (Å²) in [6.45, 7) is 15.6. The van der Waals surface area contributed by atoms with E-state index >= 15 is 0 Å². The van der Waals surface area contributed by atoms with Crippen LogP contribution in [0.4, 0.5) is 4.79 Å². The van der Waals surface area contributed by atoms with Crippen molar-refractivity contribution in [3.8, 4) is 0 Å². The van der Waals surface area contributed by atoms with E-state index in [9.17, 15) is 9.59 Å². The zero-order chi connectivity index (χ0) is 15.6. The van der Waals surface area contributed by atoms with Crippen LogP contribution in [0.2, 0.25) is 0 Å². The molecule has 0 bridgehead atoms. The summed E-state index contributed by atoms with van der Waals surface area (Å²) >= 11 is 0. The quantitative estimate of drug-likeness (QED) is 0.724. The molecular formula is C15H31NO3. The number of ether oxygens (including phenoxy) is 1. The van der Waals surface area contributed by atoms with Crippen LogP contribution < -0.4 is 0 Å². The highest BCUT2D eigenvalue weighted by Crippen LogP contribution is 2.21. The van der Waals surface area contributed by atoms with E-state index in [2.05, 4.69) is 0 Å². The molecule has 0 spiro atoms. The van der Waals surface area contributed by atoms with Crippen molar-refractivity contribution in [3.05, 3.63) is 0 Å². The van der Waals surface area contributed by atoms with E-state index in [4.69, 9.17) is 4.74 Å². The molecule has 114 valence electrons. The molecule has 0 radical (unpaired) electrons. The molecule has 1 saturated heterocycles. The van der Waals surface area contributed by atoms with E-state index in [0.717, 1.165) is 12.8 Å². The van der Waals surface area contributed by atoms with Crippen LogP contribution in [0.25, 0.3) is 0 Å². The highest BCUT2D eigenvalue weighted by molar-refractivity contribution is 5.86. The SMILES string of the molecule is CC.CC.CC(=O)C1CCCN1C(=O)OC(C)(C)C. The van der Waals surface area contributed by atoms with Gasteiger partial charge in [0.05, 0.1) is 6.04 Å². The van der Waals surface area contributed by atoms with Crippen LogP contribution in [-0.2, 0) is 9.53 Å². The van der Waals surface area contributed by atoms with Crippen molar-refractivity contribution in [1.82, 2.24) is 4.90 Å². The molecule has 19 heavy (non-hydrogen) atoms. The van der Waals surface area contributed by atoms with Gasteiger partial charge in [-0.25, -0.2) is 4.79 Å². The van der Waals surface area contributed by atoms with Crippen LogP contribution in [0.1, 0.15) is 68.2 Å². The lowest BCUT2D eigenvalue weighted by atomic mass is 10.1. The first kappa shape index (κ1) is 20.3. The Balaban J connectivity index is 0. The summed E-state index contributed by atoms with van der Waals surface area (Å²) in [7, 11) is 0. The Kier molecular flexibility index (Phi) is 10.5. The Morgan fingerprint density at radius 1 is 1.11 bits per heavy atom. The van der Waals surface area contributed by atoms with Crippen molar-refractivity contribution in [2.45, 2.75) is 79.9 Å². The van der Waals surface area contributed by atoms with Crippen molar-refractivity contribution < 1.29 is 14.3 Å². The van der Waals surface area contributed by atoms with Gasteiger partial charge >= 0.3 is 6.09 Å². The van der Waals surface area contributed by atoms with E-state index in [1.165, 1.54) is 11.8 Å². The van der Waals surface area contributed by atoms with Gasteiger partial charge in [-0.3, -0.25) is 9.69 Å². The second-order valence-electron chi connectivity index (χ2n) is 4.94. The van der Waals surface area contributed by atoms with Gasteiger partial charge in [0.1, 0.15) is 5.60 Å². The zero-order valence-corrected chi connectivity index (χ0v) is 13.9. The Labute approximate surface area is 118 Å². The fourth-order valence-corrected chi connectivity index (χ4v) is 1.73. The Hall–Kier alpha value is -1.06. The lowest BCUT2D eigenvalue weighted by Crippen LogP contribution is -2.42. The topological polar surface area (TPSA) is 46.6 Å². The van der Waals surface area contributed by atoms with E-state index in [1.807, 2.05) is 48.5 Å². The Morgan fingerprint density at radius 3 is 1.95 bits per heavy atom. The molecule has 0 aromatic heterocycles. The number of carbonyl (C=O) groups excluding carboxylic acids is 2. The molecule has 1 aliphatic heterocycles. The lowest BCUT2D eigenvalue weighted by molar-refractivity contribution is -0.121. The van der Waals surface area contributed by atoms with Gasteiger partial charge in [0.15, 0.2) is 5.78 Å². The van der Waals surface area contributed by atoms with Crippen LogP contribution in [0.5, 0.6) is 0 Å². The number of hydrogen-bond acceptors (Lipinski definition) is 3. The van der Waals surface area contributed by atoms with E-state index in [0.29, 0.717) is 6.54 Å². The molecule has 1 heterocycles. The largest absolute Gasteiger partial charge is 0.444 e. The number of rotatable bonds is 1. The third-order valence-electron chi connectivity index (χ3n) is 2.35. The molecule has 1 rings (SSSR count). The molecule has 1 fully saturated rings. The van der Waals surface area contributed by atoms with Gasteiger partial charge in [0.25, 0.3) is 0 Å². The molecule has 4 nitrogen and oxygen atoms in total. The minimum absolute atomic E-state index is 0.0401. The fraction of sp³-hybridized carbons (Fsp3) is 0.867. The number of Topliss-reactive ketones (excluding diaryl/α,β-unsaturated/α-hetero) is 1. The molecular weight excluding hydrogens is 242 g/mol. The second kappa shape index (κ2) is 9.82. The van der Waals surface area contributed by atoms with Crippen LogP contribution in [-0.4, -0.2) is 35.0 Å². The third kappa shape index (κ3) is 7.85. The predicted molar refractivity (Wildman–Crippen MR) is 79.3 cm³/mol. The zero-order valence-electron chi connectivity index (χ0n) is 13.9. The smallest absolute Gasteiger partial charge is 0.410 e. The second-order valence-corrected chi connectivity index (χ2v) is 4.94. The Bertz CT molecular complexity index is 269. The van der Waals surface area contributed by atoms with Gasteiger partial charge in [-0.05, 0) is 40.5 Å². The van der Waals surface area contributed by atoms with Gasteiger partial charge < -0.3 is 4.74 Å². The molecule has 0 N–H and O–H groups in total. The molecule has 1 atom stereocenters. The lowest BCUT2D eigenvalue weighted by Gasteiger charge is -2.27. The highest BCUT2D eigenvalue weighted by Gasteiger charge is 2.34. The van der Waals surface area contributed by atoms with Crippen molar-refractivity contribution in [2.24, 2.45) is 0 Å². The van der Waals surface area contributed by atoms with Crippen LogP contribution >= 0.6 is 0 Å². The normalized spacial score (nSPS) is 17.7. The maximum atomic E-state index is 11.7. The summed E-state index contributed by atoms with van der Waals surface area (Å²) in [5.74, 6) is 0.0401. The number of amides is 1. The first-order valence-corrected chi connectivity index (χ1v) is 7.31. The third-order valence-corrected chi connectivity index (χ3v) is 2.35. The summed E-state index contributed by atoms with van der Waals surface area (Å²) in [6, 6.07) is -0.278. The molecule has 0 aliphatic carbocycles. The predicted octanol–water partition coefficient (Wildman–Crippen LogP) is 4.03. The van der Waals surface area contributed by atoms with Crippen molar-refractivity contribution in [1.29, 1.82) is 0 Å².